The molecule has 0 aliphatic carbocycles. The van der Waals surface area contributed by atoms with Crippen molar-refractivity contribution < 1.29 is 0 Å². The van der Waals surface area contributed by atoms with Gasteiger partial charge in [0.05, 0.1) is 0 Å². The van der Waals surface area contributed by atoms with E-state index in [1.807, 2.05) is 24.7 Å². The summed E-state index contributed by atoms with van der Waals surface area (Å²) in [6.07, 6.45) is 7.83. The molecule has 2 aromatic heterocycles. The van der Waals surface area contributed by atoms with Gasteiger partial charge in [-0.1, -0.05) is 19.9 Å². The Morgan fingerprint density at radius 1 is 1.04 bits per heavy atom. The zero-order valence-electron chi connectivity index (χ0n) is 14.2. The van der Waals surface area contributed by atoms with Gasteiger partial charge in [0.15, 0.2) is 0 Å². The number of rotatable bonds is 6. The van der Waals surface area contributed by atoms with E-state index in [1.165, 1.54) is 11.4 Å². The van der Waals surface area contributed by atoms with E-state index in [4.69, 9.17) is 0 Å². The molecule has 5 nitrogen and oxygen atoms in total. The van der Waals surface area contributed by atoms with Gasteiger partial charge in [-0.3, -0.25) is 14.8 Å². The van der Waals surface area contributed by atoms with Crippen LogP contribution in [0.15, 0.2) is 36.9 Å². The predicted molar refractivity (Wildman–Crippen MR) is 92.3 cm³/mol. The van der Waals surface area contributed by atoms with E-state index < -0.39 is 0 Å². The number of nitrogens with zero attached hydrogens (tertiary/aromatic N) is 5. The number of pyridine rings is 1. The predicted octanol–water partition coefficient (Wildman–Crippen LogP) is 2.22. The van der Waals surface area contributed by atoms with Crippen LogP contribution in [0.1, 0.15) is 31.2 Å². The number of hydrogen-bond acceptors (Lipinski definition) is 4. The Hall–Kier alpha value is -1.72. The van der Waals surface area contributed by atoms with Crippen LogP contribution in [0.25, 0.3) is 0 Å². The van der Waals surface area contributed by atoms with Gasteiger partial charge in [-0.2, -0.15) is 0 Å². The average molecular weight is 313 g/mol. The summed E-state index contributed by atoms with van der Waals surface area (Å²) in [6.45, 7) is 12.1. The van der Waals surface area contributed by atoms with Gasteiger partial charge in [-0.05, 0) is 11.6 Å². The Morgan fingerprint density at radius 3 is 2.52 bits per heavy atom. The van der Waals surface area contributed by atoms with Gasteiger partial charge in [0, 0.05) is 76.5 Å². The first-order valence-corrected chi connectivity index (χ1v) is 8.57. The van der Waals surface area contributed by atoms with E-state index in [0.29, 0.717) is 5.92 Å². The summed E-state index contributed by atoms with van der Waals surface area (Å²) in [7, 11) is 0. The maximum Gasteiger partial charge on any atom is 0.111 e. The lowest BCUT2D eigenvalue weighted by molar-refractivity contribution is 0.123. The van der Waals surface area contributed by atoms with Crippen LogP contribution in [0.5, 0.6) is 0 Å². The molecule has 0 bridgehead atoms. The minimum absolute atomic E-state index is 0.487. The summed E-state index contributed by atoms with van der Waals surface area (Å²) in [4.78, 5) is 13.7. The third kappa shape index (κ3) is 4.39. The van der Waals surface area contributed by atoms with Crippen molar-refractivity contribution in [2.75, 3.05) is 32.7 Å². The molecule has 3 rings (SSSR count). The first-order chi connectivity index (χ1) is 11.2. The molecule has 3 heterocycles. The summed E-state index contributed by atoms with van der Waals surface area (Å²) in [5, 5.41) is 0. The second-order valence-electron chi connectivity index (χ2n) is 6.61. The third-order valence-electron chi connectivity index (χ3n) is 4.52. The van der Waals surface area contributed by atoms with Gasteiger partial charge in [-0.15, -0.1) is 0 Å². The molecule has 2 aromatic rings. The van der Waals surface area contributed by atoms with Gasteiger partial charge < -0.3 is 4.57 Å². The van der Waals surface area contributed by atoms with Crippen molar-refractivity contribution in [1.29, 1.82) is 0 Å². The van der Waals surface area contributed by atoms with Crippen molar-refractivity contribution in [3.63, 3.8) is 0 Å². The first-order valence-electron chi connectivity index (χ1n) is 8.57. The van der Waals surface area contributed by atoms with Crippen molar-refractivity contribution >= 4 is 0 Å². The molecule has 0 unspecified atom stereocenters. The van der Waals surface area contributed by atoms with E-state index in [1.54, 1.807) is 0 Å². The maximum absolute atomic E-state index is 4.47. The first kappa shape index (κ1) is 16.1. The number of hydrogen-bond donors (Lipinski definition) is 0. The minimum Gasteiger partial charge on any atom is -0.333 e. The highest BCUT2D eigenvalue weighted by Gasteiger charge is 2.17. The van der Waals surface area contributed by atoms with Gasteiger partial charge in [0.2, 0.25) is 0 Å². The van der Waals surface area contributed by atoms with Crippen LogP contribution in [-0.4, -0.2) is 57.1 Å². The van der Waals surface area contributed by atoms with E-state index in [2.05, 4.69) is 50.4 Å². The topological polar surface area (TPSA) is 37.2 Å². The maximum atomic E-state index is 4.47. The molecule has 0 N–H and O–H groups in total. The van der Waals surface area contributed by atoms with Crippen LogP contribution >= 0.6 is 0 Å². The van der Waals surface area contributed by atoms with Crippen molar-refractivity contribution in [1.82, 2.24) is 24.3 Å². The molecule has 124 valence electrons. The molecule has 5 heteroatoms. The molecule has 23 heavy (non-hydrogen) atoms. The Balaban J connectivity index is 1.43. The van der Waals surface area contributed by atoms with E-state index in [9.17, 15) is 0 Å². The molecule has 0 amide bonds. The molecule has 1 fully saturated rings. The highest BCUT2D eigenvalue weighted by atomic mass is 15.3. The van der Waals surface area contributed by atoms with Crippen LogP contribution in [-0.2, 0) is 13.1 Å². The molecule has 1 aliphatic rings. The molecular formula is C18H27N5. The van der Waals surface area contributed by atoms with Crippen LogP contribution in [0.4, 0.5) is 0 Å². The molecule has 0 saturated carbocycles. The van der Waals surface area contributed by atoms with Crippen molar-refractivity contribution in [2.45, 2.75) is 32.9 Å². The Bertz CT molecular complexity index is 584. The van der Waals surface area contributed by atoms with Crippen LogP contribution in [0, 0.1) is 0 Å². The van der Waals surface area contributed by atoms with Crippen LogP contribution < -0.4 is 0 Å². The molecule has 0 atom stereocenters. The van der Waals surface area contributed by atoms with Crippen LogP contribution in [0.3, 0.4) is 0 Å². The zero-order chi connectivity index (χ0) is 16.1. The summed E-state index contributed by atoms with van der Waals surface area (Å²) in [6, 6.07) is 4.18. The fourth-order valence-electron chi connectivity index (χ4n) is 3.18. The monoisotopic (exact) mass is 313 g/mol. The average Bonchev–Trinajstić information content (AvgIpc) is 3.04. The summed E-state index contributed by atoms with van der Waals surface area (Å²) in [5.41, 5.74) is 1.31. The fraction of sp³-hybridized carbons (Fsp3) is 0.556. The van der Waals surface area contributed by atoms with Gasteiger partial charge in [0.1, 0.15) is 5.82 Å². The van der Waals surface area contributed by atoms with Gasteiger partial charge in [-0.25, -0.2) is 4.98 Å². The Labute approximate surface area is 139 Å². The lowest BCUT2D eigenvalue weighted by Gasteiger charge is -2.34. The van der Waals surface area contributed by atoms with Gasteiger partial charge >= 0.3 is 0 Å². The third-order valence-corrected chi connectivity index (χ3v) is 4.52. The number of aromatic nitrogens is 3. The smallest absolute Gasteiger partial charge is 0.111 e. The summed E-state index contributed by atoms with van der Waals surface area (Å²) < 4.78 is 2.30. The number of imidazole rings is 1. The quantitative estimate of drug-likeness (QED) is 0.819. The SMILES string of the molecule is CC(C)c1nccn1CCN1CCN(Cc2cccnc2)CC1. The standard InChI is InChI=1S/C18H27N5/c1-16(2)18-20-6-7-23(18)13-12-21-8-10-22(11-9-21)15-17-4-3-5-19-14-17/h3-7,14,16H,8-13,15H2,1-2H3. The summed E-state index contributed by atoms with van der Waals surface area (Å²) in [5.74, 6) is 1.68. The summed E-state index contributed by atoms with van der Waals surface area (Å²) >= 11 is 0. The van der Waals surface area contributed by atoms with Crippen molar-refractivity contribution in [2.24, 2.45) is 0 Å². The molecule has 1 aliphatic heterocycles. The van der Waals surface area contributed by atoms with E-state index in [0.717, 1.165) is 45.8 Å². The zero-order valence-corrected chi connectivity index (χ0v) is 14.2. The Morgan fingerprint density at radius 2 is 1.83 bits per heavy atom. The second kappa shape index (κ2) is 7.70. The lowest BCUT2D eigenvalue weighted by Crippen LogP contribution is -2.46. The van der Waals surface area contributed by atoms with E-state index >= 15 is 0 Å². The minimum atomic E-state index is 0.487. The van der Waals surface area contributed by atoms with Crippen molar-refractivity contribution in [3.05, 3.63) is 48.3 Å². The lowest BCUT2D eigenvalue weighted by atomic mass is 10.2. The highest BCUT2D eigenvalue weighted by molar-refractivity contribution is 5.08. The molecule has 1 saturated heterocycles. The van der Waals surface area contributed by atoms with Crippen molar-refractivity contribution in [3.8, 4) is 0 Å². The fourth-order valence-corrected chi connectivity index (χ4v) is 3.18. The van der Waals surface area contributed by atoms with Crippen LogP contribution in [0.2, 0.25) is 0 Å². The van der Waals surface area contributed by atoms with Gasteiger partial charge in [0.25, 0.3) is 0 Å². The highest BCUT2D eigenvalue weighted by Crippen LogP contribution is 2.12. The second-order valence-corrected chi connectivity index (χ2v) is 6.61. The molecule has 0 spiro atoms. The normalized spacial score (nSPS) is 17.0. The molecule has 0 radical (unpaired) electrons. The molecular weight excluding hydrogens is 286 g/mol. The number of piperazine rings is 1. The largest absolute Gasteiger partial charge is 0.333 e. The van der Waals surface area contributed by atoms with E-state index in [-0.39, 0.29) is 0 Å². The Kier molecular flexibility index (Phi) is 5.41. The molecule has 0 aromatic carbocycles.